The Morgan fingerprint density at radius 2 is 1.91 bits per heavy atom. The first-order valence-electron chi connectivity index (χ1n) is 7.02. The molecule has 2 N–H and O–H groups in total. The maximum atomic E-state index is 6.06. The van der Waals surface area contributed by atoms with E-state index < -0.39 is 0 Å². The molecule has 0 aliphatic rings. The molecule has 4 nitrogen and oxygen atoms in total. The third-order valence-corrected chi connectivity index (χ3v) is 3.64. The van der Waals surface area contributed by atoms with Gasteiger partial charge in [0.1, 0.15) is 6.61 Å². The minimum Gasteiger partial charge on any atom is -0.394 e. The lowest BCUT2D eigenvalue weighted by Crippen LogP contribution is -2.08. The van der Waals surface area contributed by atoms with Crippen LogP contribution in [0, 0.1) is 0 Å². The molecule has 0 saturated carbocycles. The lowest BCUT2D eigenvalue weighted by molar-refractivity contribution is 0.151. The standard InChI is InChI=1S/C15H22Cl2N2O2.ClH/c1-20-9-4-2-3-5-15(19-21-10-8-18)12-6-7-13(16)14(17)11-12;/h6-7,11H,2-5,8-10,18H2,1H3;1H. The number of benzene rings is 1. The minimum absolute atomic E-state index is 0. The number of ether oxygens (including phenoxy) is 1. The van der Waals surface area contributed by atoms with Gasteiger partial charge in [0.15, 0.2) is 0 Å². The van der Waals surface area contributed by atoms with Crippen molar-refractivity contribution >= 4 is 41.3 Å². The van der Waals surface area contributed by atoms with Crippen molar-refractivity contribution in [1.29, 1.82) is 0 Å². The van der Waals surface area contributed by atoms with Crippen molar-refractivity contribution in [2.45, 2.75) is 25.7 Å². The van der Waals surface area contributed by atoms with Crippen LogP contribution in [-0.4, -0.2) is 32.6 Å². The van der Waals surface area contributed by atoms with E-state index in [1.165, 1.54) is 0 Å². The molecule has 1 aromatic rings. The van der Waals surface area contributed by atoms with E-state index in [-0.39, 0.29) is 12.4 Å². The number of nitrogens with zero attached hydrogens (tertiary/aromatic N) is 1. The van der Waals surface area contributed by atoms with Crippen LogP contribution in [0.25, 0.3) is 0 Å². The highest BCUT2D eigenvalue weighted by molar-refractivity contribution is 6.42. The van der Waals surface area contributed by atoms with Gasteiger partial charge in [0.25, 0.3) is 0 Å². The van der Waals surface area contributed by atoms with Crippen LogP contribution in [0.4, 0.5) is 0 Å². The molecule has 0 spiro atoms. The van der Waals surface area contributed by atoms with Crippen LogP contribution in [0.3, 0.4) is 0 Å². The number of rotatable bonds is 10. The summed E-state index contributed by atoms with van der Waals surface area (Å²) >= 11 is 12.0. The average molecular weight is 370 g/mol. The molecule has 0 heterocycles. The van der Waals surface area contributed by atoms with E-state index in [0.717, 1.165) is 43.6 Å². The number of oxime groups is 1. The van der Waals surface area contributed by atoms with E-state index in [1.54, 1.807) is 13.2 Å². The van der Waals surface area contributed by atoms with Crippen molar-refractivity contribution in [2.24, 2.45) is 10.9 Å². The summed E-state index contributed by atoms with van der Waals surface area (Å²) in [5.74, 6) is 0. The summed E-state index contributed by atoms with van der Waals surface area (Å²) in [7, 11) is 1.71. The number of nitrogens with two attached hydrogens (primary N) is 1. The van der Waals surface area contributed by atoms with Gasteiger partial charge in [-0.1, -0.05) is 40.8 Å². The SMILES string of the molecule is COCCCCCC(=NOCCN)c1ccc(Cl)c(Cl)c1.Cl. The smallest absolute Gasteiger partial charge is 0.129 e. The number of halogens is 3. The summed E-state index contributed by atoms with van der Waals surface area (Å²) in [5.41, 5.74) is 7.19. The van der Waals surface area contributed by atoms with Gasteiger partial charge < -0.3 is 15.3 Å². The highest BCUT2D eigenvalue weighted by Gasteiger charge is 2.08. The maximum absolute atomic E-state index is 6.06. The van der Waals surface area contributed by atoms with Crippen molar-refractivity contribution in [3.63, 3.8) is 0 Å². The summed E-state index contributed by atoms with van der Waals surface area (Å²) in [5, 5.41) is 5.22. The molecule has 0 bridgehead atoms. The average Bonchev–Trinajstić information content (AvgIpc) is 2.48. The largest absolute Gasteiger partial charge is 0.394 e. The van der Waals surface area contributed by atoms with Crippen molar-refractivity contribution in [2.75, 3.05) is 26.9 Å². The summed E-state index contributed by atoms with van der Waals surface area (Å²) in [4.78, 5) is 5.21. The van der Waals surface area contributed by atoms with Crippen molar-refractivity contribution in [3.8, 4) is 0 Å². The van der Waals surface area contributed by atoms with Crippen LogP contribution < -0.4 is 5.73 Å². The fraction of sp³-hybridized carbons (Fsp3) is 0.533. The second-order valence-corrected chi connectivity index (χ2v) is 5.41. The number of methoxy groups -OCH3 is 1. The fourth-order valence-corrected chi connectivity index (χ4v) is 2.11. The molecule has 0 aromatic heterocycles. The minimum atomic E-state index is 0. The van der Waals surface area contributed by atoms with E-state index in [2.05, 4.69) is 5.16 Å². The Labute approximate surface area is 148 Å². The molecule has 126 valence electrons. The molecular formula is C15H23Cl3N2O2. The molecule has 7 heteroatoms. The molecule has 0 atom stereocenters. The van der Waals surface area contributed by atoms with E-state index in [1.807, 2.05) is 12.1 Å². The van der Waals surface area contributed by atoms with Gasteiger partial charge in [-0.2, -0.15) is 0 Å². The highest BCUT2D eigenvalue weighted by atomic mass is 35.5. The maximum Gasteiger partial charge on any atom is 0.129 e. The van der Waals surface area contributed by atoms with Crippen LogP contribution in [0.5, 0.6) is 0 Å². The van der Waals surface area contributed by atoms with Crippen molar-refractivity contribution in [3.05, 3.63) is 33.8 Å². The second-order valence-electron chi connectivity index (χ2n) is 4.59. The first kappa shape index (κ1) is 21.5. The first-order valence-corrected chi connectivity index (χ1v) is 7.78. The van der Waals surface area contributed by atoms with Gasteiger partial charge in [-0.15, -0.1) is 12.4 Å². The zero-order chi connectivity index (χ0) is 15.5. The fourth-order valence-electron chi connectivity index (χ4n) is 1.81. The Kier molecular flexibility index (Phi) is 12.7. The Morgan fingerprint density at radius 1 is 1.14 bits per heavy atom. The van der Waals surface area contributed by atoms with Gasteiger partial charge in [-0.05, 0) is 31.4 Å². The Bertz CT molecular complexity index is 456. The zero-order valence-corrected chi connectivity index (χ0v) is 15.0. The Balaban J connectivity index is 0.00000441. The topological polar surface area (TPSA) is 56.8 Å². The zero-order valence-electron chi connectivity index (χ0n) is 12.7. The van der Waals surface area contributed by atoms with E-state index in [4.69, 9.17) is 38.5 Å². The second kappa shape index (κ2) is 13.0. The quantitative estimate of drug-likeness (QED) is 0.380. The molecule has 0 fully saturated rings. The number of hydrogen-bond donors (Lipinski definition) is 1. The molecule has 0 unspecified atom stereocenters. The van der Waals surface area contributed by atoms with Crippen LogP contribution in [0.2, 0.25) is 10.0 Å². The molecule has 0 radical (unpaired) electrons. The third kappa shape index (κ3) is 8.20. The molecule has 0 amide bonds. The summed E-state index contributed by atoms with van der Waals surface area (Å²) < 4.78 is 5.04. The van der Waals surface area contributed by atoms with Crippen LogP contribution in [-0.2, 0) is 9.57 Å². The number of hydrogen-bond acceptors (Lipinski definition) is 4. The lowest BCUT2D eigenvalue weighted by atomic mass is 10.0. The normalized spacial score (nSPS) is 11.2. The predicted octanol–water partition coefficient (Wildman–Crippen LogP) is 4.30. The van der Waals surface area contributed by atoms with Crippen LogP contribution in [0.15, 0.2) is 23.4 Å². The van der Waals surface area contributed by atoms with Gasteiger partial charge >= 0.3 is 0 Å². The first-order chi connectivity index (χ1) is 10.2. The molecular weight excluding hydrogens is 347 g/mol. The van der Waals surface area contributed by atoms with Crippen LogP contribution >= 0.6 is 35.6 Å². The third-order valence-electron chi connectivity index (χ3n) is 2.90. The molecule has 1 rings (SSSR count). The summed E-state index contributed by atoms with van der Waals surface area (Å²) in [6, 6.07) is 5.47. The van der Waals surface area contributed by atoms with Gasteiger partial charge in [-0.25, -0.2) is 0 Å². The molecule has 0 aliphatic heterocycles. The van der Waals surface area contributed by atoms with Gasteiger partial charge in [0.2, 0.25) is 0 Å². The molecule has 0 aliphatic carbocycles. The van der Waals surface area contributed by atoms with Crippen molar-refractivity contribution < 1.29 is 9.57 Å². The predicted molar refractivity (Wildman–Crippen MR) is 95.6 cm³/mol. The Morgan fingerprint density at radius 3 is 2.55 bits per heavy atom. The lowest BCUT2D eigenvalue weighted by Gasteiger charge is -2.08. The van der Waals surface area contributed by atoms with Crippen LogP contribution in [0.1, 0.15) is 31.2 Å². The highest BCUT2D eigenvalue weighted by Crippen LogP contribution is 2.24. The van der Waals surface area contributed by atoms with E-state index >= 15 is 0 Å². The molecule has 22 heavy (non-hydrogen) atoms. The Hall–Kier alpha value is -0.520. The molecule has 1 aromatic carbocycles. The van der Waals surface area contributed by atoms with Gasteiger partial charge in [-0.3, -0.25) is 0 Å². The van der Waals surface area contributed by atoms with E-state index in [0.29, 0.717) is 23.2 Å². The van der Waals surface area contributed by atoms with Crippen molar-refractivity contribution in [1.82, 2.24) is 0 Å². The number of unbranched alkanes of at least 4 members (excludes halogenated alkanes) is 2. The van der Waals surface area contributed by atoms with E-state index in [9.17, 15) is 0 Å². The summed E-state index contributed by atoms with van der Waals surface area (Å²) in [6.07, 6.45) is 3.93. The van der Waals surface area contributed by atoms with Gasteiger partial charge in [0.05, 0.1) is 15.8 Å². The van der Waals surface area contributed by atoms with Gasteiger partial charge in [0, 0.05) is 25.8 Å². The summed E-state index contributed by atoms with van der Waals surface area (Å²) in [6.45, 7) is 1.61. The molecule has 0 saturated heterocycles. The monoisotopic (exact) mass is 368 g/mol.